The zero-order chi connectivity index (χ0) is 12.7. The van der Waals surface area contributed by atoms with Crippen molar-refractivity contribution in [2.24, 2.45) is 0 Å². The van der Waals surface area contributed by atoms with E-state index < -0.39 is 0 Å². The van der Waals surface area contributed by atoms with Gasteiger partial charge in [-0.05, 0) is 12.1 Å². The highest BCUT2D eigenvalue weighted by molar-refractivity contribution is 6.33. The van der Waals surface area contributed by atoms with Crippen LogP contribution in [0.3, 0.4) is 0 Å². The molecule has 0 saturated carbocycles. The summed E-state index contributed by atoms with van der Waals surface area (Å²) >= 11 is 5.94. The second-order valence-corrected chi connectivity index (χ2v) is 3.61. The lowest BCUT2D eigenvalue weighted by molar-refractivity contribution is -0.115. The highest BCUT2D eigenvalue weighted by Crippen LogP contribution is 2.26. The average Bonchev–Trinajstić information content (AvgIpc) is 2.32. The van der Waals surface area contributed by atoms with Gasteiger partial charge in [-0.25, -0.2) is 0 Å². The average molecular weight is 253 g/mol. The number of carbonyl (C=O) groups excluding carboxylic acids is 1. The molecule has 1 amide bonds. The van der Waals surface area contributed by atoms with Crippen LogP contribution in [0.25, 0.3) is 0 Å². The van der Waals surface area contributed by atoms with Crippen molar-refractivity contribution in [3.05, 3.63) is 23.2 Å². The first-order chi connectivity index (χ1) is 8.17. The van der Waals surface area contributed by atoms with Crippen LogP contribution in [0.5, 0.6) is 5.75 Å². The van der Waals surface area contributed by atoms with Crippen molar-refractivity contribution in [3.63, 3.8) is 0 Å². The number of nitrogens with one attached hydrogen (secondary N) is 2. The summed E-state index contributed by atoms with van der Waals surface area (Å²) < 4.78 is 5.04. The lowest BCUT2D eigenvalue weighted by atomic mass is 10.3. The summed E-state index contributed by atoms with van der Waals surface area (Å²) in [7, 11) is 1.54. The Morgan fingerprint density at radius 3 is 3.00 bits per heavy atom. The number of hydrogen-bond acceptors (Lipinski definition) is 3. The largest absolute Gasteiger partial charge is 0.497 e. The first kappa shape index (κ1) is 13.4. The maximum atomic E-state index is 11.5. The first-order valence-corrected chi connectivity index (χ1v) is 5.32. The number of amides is 1. The van der Waals surface area contributed by atoms with Gasteiger partial charge in [-0.1, -0.05) is 17.5 Å². The predicted octanol–water partition coefficient (Wildman–Crippen LogP) is 1.51. The minimum atomic E-state index is -0.213. The van der Waals surface area contributed by atoms with Gasteiger partial charge in [0, 0.05) is 6.07 Å². The van der Waals surface area contributed by atoms with Crippen LogP contribution >= 0.6 is 11.6 Å². The van der Waals surface area contributed by atoms with Crippen LogP contribution in [-0.2, 0) is 4.79 Å². The van der Waals surface area contributed by atoms with Crippen LogP contribution in [0.2, 0.25) is 5.02 Å². The van der Waals surface area contributed by atoms with E-state index in [0.717, 1.165) is 0 Å². The van der Waals surface area contributed by atoms with Gasteiger partial charge >= 0.3 is 0 Å². The molecule has 0 aromatic heterocycles. The van der Waals surface area contributed by atoms with Gasteiger partial charge in [0.2, 0.25) is 5.91 Å². The van der Waals surface area contributed by atoms with E-state index in [1.165, 1.54) is 0 Å². The summed E-state index contributed by atoms with van der Waals surface area (Å²) in [5, 5.41) is 5.90. The third-order valence-corrected chi connectivity index (χ3v) is 2.29. The SMILES string of the molecule is C#CCNCC(=O)Nc1cc(OC)ccc1Cl. The van der Waals surface area contributed by atoms with E-state index in [4.69, 9.17) is 22.8 Å². The molecule has 0 heterocycles. The van der Waals surface area contributed by atoms with E-state index in [1.54, 1.807) is 25.3 Å². The number of carbonyl (C=O) groups is 1. The summed E-state index contributed by atoms with van der Waals surface area (Å²) in [6, 6.07) is 5.03. The van der Waals surface area contributed by atoms with Gasteiger partial charge in [0.25, 0.3) is 0 Å². The number of rotatable bonds is 5. The molecule has 90 valence electrons. The lowest BCUT2D eigenvalue weighted by Crippen LogP contribution is -2.28. The van der Waals surface area contributed by atoms with Gasteiger partial charge in [0.15, 0.2) is 0 Å². The van der Waals surface area contributed by atoms with Crippen LogP contribution in [0.15, 0.2) is 18.2 Å². The maximum absolute atomic E-state index is 11.5. The third kappa shape index (κ3) is 4.35. The molecule has 0 saturated heterocycles. The van der Waals surface area contributed by atoms with E-state index in [2.05, 4.69) is 16.6 Å². The quantitative estimate of drug-likeness (QED) is 0.617. The van der Waals surface area contributed by atoms with E-state index in [-0.39, 0.29) is 12.5 Å². The Kier molecular flexibility index (Phi) is 5.34. The molecule has 0 bridgehead atoms. The molecular weight excluding hydrogens is 240 g/mol. The zero-order valence-corrected chi connectivity index (χ0v) is 10.2. The van der Waals surface area contributed by atoms with Crippen LogP contribution < -0.4 is 15.4 Å². The monoisotopic (exact) mass is 252 g/mol. The number of benzene rings is 1. The standard InChI is InChI=1S/C12H13ClN2O2/c1-3-6-14-8-12(16)15-11-7-9(17-2)4-5-10(11)13/h1,4-5,7,14H,6,8H2,2H3,(H,15,16). The van der Waals surface area contributed by atoms with Crippen molar-refractivity contribution in [2.75, 3.05) is 25.5 Å². The Bertz CT molecular complexity index is 441. The number of methoxy groups -OCH3 is 1. The van der Waals surface area contributed by atoms with Crippen molar-refractivity contribution in [3.8, 4) is 18.1 Å². The van der Waals surface area contributed by atoms with Gasteiger partial charge in [0.05, 0.1) is 30.9 Å². The molecule has 4 nitrogen and oxygen atoms in total. The Labute approximate surface area is 105 Å². The van der Waals surface area contributed by atoms with E-state index in [1.807, 2.05) is 0 Å². The molecule has 0 aliphatic rings. The molecule has 0 unspecified atom stereocenters. The molecule has 0 atom stereocenters. The number of terminal acetylenes is 1. The number of hydrogen-bond donors (Lipinski definition) is 2. The highest BCUT2D eigenvalue weighted by atomic mass is 35.5. The van der Waals surface area contributed by atoms with Gasteiger partial charge in [-0.2, -0.15) is 0 Å². The fourth-order valence-corrected chi connectivity index (χ4v) is 1.33. The van der Waals surface area contributed by atoms with E-state index >= 15 is 0 Å². The molecular formula is C12H13ClN2O2. The van der Waals surface area contributed by atoms with Crippen molar-refractivity contribution < 1.29 is 9.53 Å². The van der Waals surface area contributed by atoms with Gasteiger partial charge in [-0.15, -0.1) is 6.42 Å². The van der Waals surface area contributed by atoms with Crippen molar-refractivity contribution >= 4 is 23.2 Å². The summed E-state index contributed by atoms with van der Waals surface area (Å²) in [5.41, 5.74) is 0.513. The molecule has 5 heteroatoms. The molecule has 0 fully saturated rings. The molecule has 1 aromatic carbocycles. The zero-order valence-electron chi connectivity index (χ0n) is 9.42. The number of halogens is 1. The Morgan fingerprint density at radius 1 is 1.59 bits per heavy atom. The Morgan fingerprint density at radius 2 is 2.35 bits per heavy atom. The van der Waals surface area contributed by atoms with Gasteiger partial charge in [0.1, 0.15) is 5.75 Å². The molecule has 0 aliphatic heterocycles. The van der Waals surface area contributed by atoms with Crippen molar-refractivity contribution in [1.82, 2.24) is 5.32 Å². The van der Waals surface area contributed by atoms with Crippen molar-refractivity contribution in [1.29, 1.82) is 0 Å². The molecule has 17 heavy (non-hydrogen) atoms. The Hall–Kier alpha value is -1.70. The van der Waals surface area contributed by atoms with E-state index in [9.17, 15) is 4.79 Å². The maximum Gasteiger partial charge on any atom is 0.238 e. The second-order valence-electron chi connectivity index (χ2n) is 3.20. The number of anilines is 1. The van der Waals surface area contributed by atoms with Crippen LogP contribution in [0, 0.1) is 12.3 Å². The summed E-state index contributed by atoms with van der Waals surface area (Å²) in [6.07, 6.45) is 5.05. The van der Waals surface area contributed by atoms with Gasteiger partial charge < -0.3 is 10.1 Å². The fourth-order valence-electron chi connectivity index (χ4n) is 1.17. The molecule has 2 N–H and O–H groups in total. The minimum absolute atomic E-state index is 0.137. The molecule has 0 spiro atoms. The smallest absolute Gasteiger partial charge is 0.238 e. The normalized spacial score (nSPS) is 9.47. The summed E-state index contributed by atoms with van der Waals surface area (Å²) in [6.45, 7) is 0.483. The lowest BCUT2D eigenvalue weighted by Gasteiger charge is -2.09. The topological polar surface area (TPSA) is 50.4 Å². The van der Waals surface area contributed by atoms with Crippen LogP contribution in [-0.4, -0.2) is 26.1 Å². The first-order valence-electron chi connectivity index (χ1n) is 4.95. The van der Waals surface area contributed by atoms with E-state index in [0.29, 0.717) is 23.0 Å². The van der Waals surface area contributed by atoms with Crippen molar-refractivity contribution in [2.45, 2.75) is 0 Å². The second kappa shape index (κ2) is 6.79. The summed E-state index contributed by atoms with van der Waals surface area (Å²) in [4.78, 5) is 11.5. The van der Waals surface area contributed by atoms with Crippen LogP contribution in [0.1, 0.15) is 0 Å². The summed E-state index contributed by atoms with van der Waals surface area (Å²) in [5.74, 6) is 2.79. The van der Waals surface area contributed by atoms with Crippen LogP contribution in [0.4, 0.5) is 5.69 Å². The van der Waals surface area contributed by atoms with Gasteiger partial charge in [-0.3, -0.25) is 10.1 Å². The minimum Gasteiger partial charge on any atom is -0.497 e. The molecule has 0 radical (unpaired) electrons. The third-order valence-electron chi connectivity index (χ3n) is 1.96. The number of ether oxygens (including phenoxy) is 1. The molecule has 0 aliphatic carbocycles. The predicted molar refractivity (Wildman–Crippen MR) is 68.3 cm³/mol. The molecule has 1 rings (SSSR count). The highest BCUT2D eigenvalue weighted by Gasteiger charge is 2.06. The Balaban J connectivity index is 2.61. The fraction of sp³-hybridized carbons (Fsp3) is 0.250. The molecule has 1 aromatic rings.